The van der Waals surface area contributed by atoms with Gasteiger partial charge in [0.15, 0.2) is 0 Å². The van der Waals surface area contributed by atoms with Crippen molar-refractivity contribution in [3.05, 3.63) is 51.2 Å². The van der Waals surface area contributed by atoms with Crippen molar-refractivity contribution < 1.29 is 28.8 Å². The second kappa shape index (κ2) is 11.5. The summed E-state index contributed by atoms with van der Waals surface area (Å²) in [4.78, 5) is 54.9. The van der Waals surface area contributed by atoms with Crippen molar-refractivity contribution in [3.63, 3.8) is 0 Å². The molecule has 0 saturated heterocycles. The van der Waals surface area contributed by atoms with Gasteiger partial charge < -0.3 is 14.8 Å². The molecule has 0 bridgehead atoms. The van der Waals surface area contributed by atoms with E-state index in [-0.39, 0.29) is 23.8 Å². The third-order valence-corrected chi connectivity index (χ3v) is 5.67. The highest BCUT2D eigenvalue weighted by Crippen LogP contribution is 2.40. The summed E-state index contributed by atoms with van der Waals surface area (Å²) < 4.78 is 10.8. The van der Waals surface area contributed by atoms with Gasteiger partial charge in [0.05, 0.1) is 11.5 Å². The van der Waals surface area contributed by atoms with E-state index in [1.165, 1.54) is 18.2 Å². The molecule has 1 aromatic rings. The molecule has 3 atom stereocenters. The van der Waals surface area contributed by atoms with Gasteiger partial charge in [-0.2, -0.15) is 0 Å². The van der Waals surface area contributed by atoms with Gasteiger partial charge in [0.1, 0.15) is 17.6 Å². The summed E-state index contributed by atoms with van der Waals surface area (Å²) in [6.45, 7) is 13.8. The Morgan fingerprint density at radius 3 is 2.36 bits per heavy atom. The number of nitro benzene ring substituents is 1. The van der Waals surface area contributed by atoms with E-state index in [2.05, 4.69) is 10.3 Å². The first-order chi connectivity index (χ1) is 16.7. The molecule has 1 N–H and O–H groups in total. The van der Waals surface area contributed by atoms with Crippen LogP contribution in [-0.2, 0) is 23.9 Å². The molecule has 196 valence electrons. The van der Waals surface area contributed by atoms with Crippen LogP contribution in [0.4, 0.5) is 5.69 Å². The van der Waals surface area contributed by atoms with Crippen LogP contribution >= 0.6 is 0 Å². The lowest BCUT2D eigenvalue weighted by Gasteiger charge is -2.33. The molecule has 0 saturated carbocycles. The molecular formula is C26H35N3O7. The maximum atomic E-state index is 13.7. The van der Waals surface area contributed by atoms with Crippen LogP contribution in [-0.4, -0.2) is 46.7 Å². The Balaban J connectivity index is 2.61. The normalized spacial score (nSPS) is 18.9. The Morgan fingerprint density at radius 2 is 1.83 bits per heavy atom. The van der Waals surface area contributed by atoms with Crippen molar-refractivity contribution in [3.8, 4) is 0 Å². The number of benzene rings is 1. The largest absolute Gasteiger partial charge is 0.465 e. The summed E-state index contributed by atoms with van der Waals surface area (Å²) in [5.41, 5.74) is 0.353. The van der Waals surface area contributed by atoms with Crippen LogP contribution in [0.3, 0.4) is 0 Å². The summed E-state index contributed by atoms with van der Waals surface area (Å²) in [7, 11) is 0. The number of nitrogens with one attached hydrogen (secondary N) is 1. The zero-order chi connectivity index (χ0) is 27.4. The van der Waals surface area contributed by atoms with Gasteiger partial charge >= 0.3 is 11.9 Å². The van der Waals surface area contributed by atoms with Crippen molar-refractivity contribution in [1.82, 2.24) is 5.32 Å². The van der Waals surface area contributed by atoms with Gasteiger partial charge in [0.25, 0.3) is 5.69 Å². The zero-order valence-electron chi connectivity index (χ0n) is 22.1. The molecule has 1 aliphatic rings. The number of carbonyl (C=O) groups is 3. The van der Waals surface area contributed by atoms with Gasteiger partial charge in [-0.05, 0) is 53.0 Å². The van der Waals surface area contributed by atoms with Crippen LogP contribution in [0.5, 0.6) is 0 Å². The molecule has 0 aliphatic carbocycles. The number of amides is 1. The number of esters is 2. The highest BCUT2D eigenvalue weighted by Gasteiger charge is 2.43. The minimum absolute atomic E-state index is 0.114. The van der Waals surface area contributed by atoms with Gasteiger partial charge in [-0.3, -0.25) is 24.7 Å². The molecule has 3 unspecified atom stereocenters. The highest BCUT2D eigenvalue weighted by molar-refractivity contribution is 6.08. The quantitative estimate of drug-likeness (QED) is 0.322. The number of aliphatic imine (C=N–C) groups is 1. The number of carbonyl (C=O) groups excluding carboxylic acids is 3. The Hall–Kier alpha value is -3.56. The fourth-order valence-corrected chi connectivity index (χ4v) is 4.14. The Kier molecular flexibility index (Phi) is 9.12. The van der Waals surface area contributed by atoms with Gasteiger partial charge in [0.2, 0.25) is 5.91 Å². The summed E-state index contributed by atoms with van der Waals surface area (Å²) in [6.07, 6.45) is 0. The minimum atomic E-state index is -0.976. The lowest BCUT2D eigenvalue weighted by Crippen LogP contribution is -2.49. The molecule has 0 fully saturated rings. The summed E-state index contributed by atoms with van der Waals surface area (Å²) in [5, 5.41) is 14.2. The minimum Gasteiger partial charge on any atom is -0.465 e. The van der Waals surface area contributed by atoms with Crippen molar-refractivity contribution in [2.45, 2.75) is 73.0 Å². The zero-order valence-corrected chi connectivity index (χ0v) is 22.1. The van der Waals surface area contributed by atoms with Crippen LogP contribution in [0, 0.1) is 22.0 Å². The van der Waals surface area contributed by atoms with Crippen molar-refractivity contribution in [2.24, 2.45) is 16.8 Å². The van der Waals surface area contributed by atoms with Crippen LogP contribution in [0.25, 0.3) is 0 Å². The lowest BCUT2D eigenvalue weighted by atomic mass is 9.75. The topological polar surface area (TPSA) is 137 Å². The fourth-order valence-electron chi connectivity index (χ4n) is 4.14. The molecule has 0 spiro atoms. The number of hydrogen-bond acceptors (Lipinski definition) is 8. The van der Waals surface area contributed by atoms with E-state index in [1.54, 1.807) is 61.5 Å². The SMILES string of the molecule is CCOC(=O)C1C(C)=NC(C)=C(C(=O)NC(C(=O)OC(C)(C)C)C(C)C)C1c1cccc([N+](=O)[O-])c1. The standard InChI is InChI=1S/C26H35N3O7/c1-9-35-24(31)20-16(5)27-15(4)19(21(20)17-11-10-12-18(13-17)29(33)34)23(30)28-22(14(2)3)25(32)36-26(6,7)8/h10-14,20-22H,9H2,1-8H3,(H,28,30). The molecule has 1 aliphatic heterocycles. The third kappa shape index (κ3) is 6.77. The number of rotatable bonds is 8. The van der Waals surface area contributed by atoms with Crippen molar-refractivity contribution >= 4 is 29.2 Å². The second-order valence-electron chi connectivity index (χ2n) is 10.0. The van der Waals surface area contributed by atoms with Crippen LogP contribution in [0.15, 0.2) is 40.5 Å². The van der Waals surface area contributed by atoms with E-state index >= 15 is 0 Å². The summed E-state index contributed by atoms with van der Waals surface area (Å²) in [6, 6.07) is 4.83. The van der Waals surface area contributed by atoms with Gasteiger partial charge in [-0.25, -0.2) is 4.79 Å². The Labute approximate surface area is 211 Å². The average molecular weight is 502 g/mol. The molecule has 10 nitrogen and oxygen atoms in total. The number of nitro groups is 1. The molecule has 1 heterocycles. The number of allylic oxidation sites excluding steroid dienone is 1. The molecule has 1 aromatic carbocycles. The van der Waals surface area contributed by atoms with Gasteiger partial charge in [0, 0.05) is 35.0 Å². The van der Waals surface area contributed by atoms with Crippen LogP contribution < -0.4 is 5.32 Å². The molecule has 1 amide bonds. The molecule has 0 radical (unpaired) electrons. The van der Waals surface area contributed by atoms with Gasteiger partial charge in [-0.1, -0.05) is 26.0 Å². The summed E-state index contributed by atoms with van der Waals surface area (Å²) in [5.74, 6) is -3.98. The van der Waals surface area contributed by atoms with Gasteiger partial charge in [-0.15, -0.1) is 0 Å². The third-order valence-electron chi connectivity index (χ3n) is 5.67. The monoisotopic (exact) mass is 501 g/mol. The average Bonchev–Trinajstić information content (AvgIpc) is 2.75. The Bertz CT molecular complexity index is 1100. The van der Waals surface area contributed by atoms with E-state index in [4.69, 9.17) is 9.47 Å². The first-order valence-electron chi connectivity index (χ1n) is 11.9. The molecular weight excluding hydrogens is 466 g/mol. The van der Waals surface area contributed by atoms with Crippen molar-refractivity contribution in [2.75, 3.05) is 6.61 Å². The van der Waals surface area contributed by atoms with E-state index in [0.717, 1.165) is 0 Å². The Morgan fingerprint density at radius 1 is 1.19 bits per heavy atom. The first kappa shape index (κ1) is 28.7. The maximum Gasteiger partial charge on any atom is 0.329 e. The van der Waals surface area contributed by atoms with E-state index < -0.39 is 46.2 Å². The summed E-state index contributed by atoms with van der Waals surface area (Å²) >= 11 is 0. The molecule has 0 aromatic heterocycles. The number of nitrogens with zero attached hydrogens (tertiary/aromatic N) is 2. The van der Waals surface area contributed by atoms with E-state index in [0.29, 0.717) is 17.0 Å². The highest BCUT2D eigenvalue weighted by atomic mass is 16.6. The first-order valence-corrected chi connectivity index (χ1v) is 11.9. The maximum absolute atomic E-state index is 13.7. The molecule has 10 heteroatoms. The number of hydrogen-bond donors (Lipinski definition) is 1. The second-order valence-corrected chi connectivity index (χ2v) is 10.0. The predicted molar refractivity (Wildman–Crippen MR) is 134 cm³/mol. The smallest absolute Gasteiger partial charge is 0.329 e. The molecule has 36 heavy (non-hydrogen) atoms. The lowest BCUT2D eigenvalue weighted by molar-refractivity contribution is -0.384. The van der Waals surface area contributed by atoms with E-state index in [1.807, 2.05) is 0 Å². The van der Waals surface area contributed by atoms with Crippen molar-refractivity contribution in [1.29, 1.82) is 0 Å². The van der Waals surface area contributed by atoms with E-state index in [9.17, 15) is 24.5 Å². The molecule has 2 rings (SSSR count). The number of non-ortho nitro benzene ring substituents is 1. The predicted octanol–water partition coefficient (Wildman–Crippen LogP) is 4.09. The van der Waals surface area contributed by atoms with Crippen LogP contribution in [0.1, 0.15) is 66.9 Å². The van der Waals surface area contributed by atoms with Crippen LogP contribution in [0.2, 0.25) is 0 Å². The fraction of sp³-hybridized carbons (Fsp3) is 0.538. The number of ether oxygens (including phenoxy) is 2.